The van der Waals surface area contributed by atoms with Crippen LogP contribution in [0.15, 0.2) is 18.3 Å². The van der Waals surface area contributed by atoms with Crippen molar-refractivity contribution in [3.8, 4) is 0 Å². The minimum absolute atomic E-state index is 0.686. The van der Waals surface area contributed by atoms with Crippen molar-refractivity contribution in [2.75, 3.05) is 30.8 Å². The molecule has 1 heterocycles. The van der Waals surface area contributed by atoms with E-state index in [4.69, 9.17) is 10.5 Å². The lowest BCUT2D eigenvalue weighted by molar-refractivity contribution is 0.134. The molecule has 0 spiro atoms. The molecular formula is C11H17N3O. The first kappa shape index (κ1) is 10.2. The van der Waals surface area contributed by atoms with Crippen LogP contribution in [0.2, 0.25) is 0 Å². The summed E-state index contributed by atoms with van der Waals surface area (Å²) in [6.45, 7) is 2.45. The molecule has 1 aromatic heterocycles. The summed E-state index contributed by atoms with van der Waals surface area (Å²) in [5, 5.41) is 3.17. The van der Waals surface area contributed by atoms with Crippen LogP contribution in [-0.2, 0) is 4.74 Å². The molecule has 3 N–H and O–H groups in total. The molecule has 15 heavy (non-hydrogen) atoms. The van der Waals surface area contributed by atoms with Crippen molar-refractivity contribution in [2.45, 2.75) is 12.8 Å². The monoisotopic (exact) mass is 207 g/mol. The van der Waals surface area contributed by atoms with Gasteiger partial charge in [0.05, 0.1) is 18.5 Å². The maximum atomic E-state index is 5.53. The van der Waals surface area contributed by atoms with Crippen molar-refractivity contribution < 1.29 is 4.74 Å². The Morgan fingerprint density at radius 1 is 1.47 bits per heavy atom. The quantitative estimate of drug-likeness (QED) is 0.694. The molecule has 0 aliphatic heterocycles. The molecule has 0 amide bonds. The van der Waals surface area contributed by atoms with Crippen LogP contribution in [0.25, 0.3) is 0 Å². The minimum Gasteiger partial charge on any atom is -0.397 e. The molecular weight excluding hydrogens is 190 g/mol. The fourth-order valence-electron chi connectivity index (χ4n) is 1.30. The molecule has 2 rings (SSSR count). The van der Waals surface area contributed by atoms with Crippen molar-refractivity contribution >= 4 is 11.5 Å². The minimum atomic E-state index is 0.686. The van der Waals surface area contributed by atoms with E-state index in [9.17, 15) is 0 Å². The van der Waals surface area contributed by atoms with Gasteiger partial charge in [0.2, 0.25) is 0 Å². The van der Waals surface area contributed by atoms with Gasteiger partial charge in [-0.2, -0.15) is 0 Å². The second kappa shape index (κ2) is 4.98. The number of aromatic nitrogens is 1. The van der Waals surface area contributed by atoms with Gasteiger partial charge in [-0.1, -0.05) is 0 Å². The third-order valence-electron chi connectivity index (χ3n) is 2.39. The lowest BCUT2D eigenvalue weighted by Crippen LogP contribution is -2.11. The smallest absolute Gasteiger partial charge is 0.126 e. The first-order valence-electron chi connectivity index (χ1n) is 5.38. The summed E-state index contributed by atoms with van der Waals surface area (Å²) in [4.78, 5) is 4.13. The third kappa shape index (κ3) is 3.75. The Labute approximate surface area is 89.8 Å². The van der Waals surface area contributed by atoms with Gasteiger partial charge in [0, 0.05) is 13.2 Å². The van der Waals surface area contributed by atoms with Crippen LogP contribution in [-0.4, -0.2) is 24.7 Å². The van der Waals surface area contributed by atoms with E-state index < -0.39 is 0 Å². The van der Waals surface area contributed by atoms with Gasteiger partial charge in [0.15, 0.2) is 0 Å². The fraction of sp³-hybridized carbons (Fsp3) is 0.545. The van der Waals surface area contributed by atoms with Gasteiger partial charge in [0.25, 0.3) is 0 Å². The highest BCUT2D eigenvalue weighted by molar-refractivity contribution is 5.43. The van der Waals surface area contributed by atoms with Crippen molar-refractivity contribution in [1.82, 2.24) is 4.98 Å². The molecule has 4 nitrogen and oxygen atoms in total. The lowest BCUT2D eigenvalue weighted by atomic mass is 10.4. The number of anilines is 2. The van der Waals surface area contributed by atoms with Crippen molar-refractivity contribution in [3.63, 3.8) is 0 Å². The van der Waals surface area contributed by atoms with Crippen LogP contribution in [0.5, 0.6) is 0 Å². The van der Waals surface area contributed by atoms with Crippen molar-refractivity contribution in [1.29, 1.82) is 0 Å². The summed E-state index contributed by atoms with van der Waals surface area (Å²) < 4.78 is 5.49. The van der Waals surface area contributed by atoms with Crippen LogP contribution >= 0.6 is 0 Å². The molecule has 0 radical (unpaired) electrons. The topological polar surface area (TPSA) is 60.2 Å². The second-order valence-electron chi connectivity index (χ2n) is 3.92. The average Bonchev–Trinajstić information content (AvgIpc) is 3.04. The zero-order chi connectivity index (χ0) is 10.5. The highest BCUT2D eigenvalue weighted by Gasteiger charge is 2.20. The molecule has 1 fully saturated rings. The van der Waals surface area contributed by atoms with E-state index in [-0.39, 0.29) is 0 Å². The predicted molar refractivity (Wildman–Crippen MR) is 60.7 cm³/mol. The summed E-state index contributed by atoms with van der Waals surface area (Å²) >= 11 is 0. The fourth-order valence-corrected chi connectivity index (χ4v) is 1.30. The number of nitrogens with zero attached hydrogens (tertiary/aromatic N) is 1. The average molecular weight is 207 g/mol. The van der Waals surface area contributed by atoms with Gasteiger partial charge >= 0.3 is 0 Å². The Balaban J connectivity index is 1.58. The number of pyridine rings is 1. The van der Waals surface area contributed by atoms with Crippen LogP contribution in [0, 0.1) is 5.92 Å². The van der Waals surface area contributed by atoms with Gasteiger partial charge < -0.3 is 15.8 Å². The molecule has 0 saturated heterocycles. The molecule has 1 aliphatic rings. The normalized spacial score (nSPS) is 15.2. The van der Waals surface area contributed by atoms with Gasteiger partial charge in [-0.05, 0) is 30.9 Å². The van der Waals surface area contributed by atoms with Crippen LogP contribution in [0.3, 0.4) is 0 Å². The zero-order valence-electron chi connectivity index (χ0n) is 8.78. The van der Waals surface area contributed by atoms with Gasteiger partial charge in [-0.3, -0.25) is 0 Å². The molecule has 0 bridgehead atoms. The van der Waals surface area contributed by atoms with E-state index in [0.717, 1.165) is 31.5 Å². The van der Waals surface area contributed by atoms with E-state index in [0.29, 0.717) is 5.69 Å². The first-order chi connectivity index (χ1) is 7.34. The second-order valence-corrected chi connectivity index (χ2v) is 3.92. The number of nitrogens with two attached hydrogens (primary N) is 1. The van der Waals surface area contributed by atoms with Crippen LogP contribution < -0.4 is 11.1 Å². The molecule has 82 valence electrons. The Morgan fingerprint density at radius 3 is 3.00 bits per heavy atom. The summed E-state index contributed by atoms with van der Waals surface area (Å²) in [5.41, 5.74) is 6.21. The number of nitrogen functional groups attached to an aromatic ring is 1. The molecule has 0 unspecified atom stereocenters. The maximum absolute atomic E-state index is 5.53. The van der Waals surface area contributed by atoms with Crippen LogP contribution in [0.1, 0.15) is 12.8 Å². The first-order valence-corrected chi connectivity index (χ1v) is 5.38. The van der Waals surface area contributed by atoms with Crippen LogP contribution in [0.4, 0.5) is 11.5 Å². The molecule has 0 atom stereocenters. The van der Waals surface area contributed by atoms with Gasteiger partial charge in [0.1, 0.15) is 5.82 Å². The highest BCUT2D eigenvalue weighted by atomic mass is 16.5. The molecule has 4 heteroatoms. The Hall–Kier alpha value is -1.29. The predicted octanol–water partition coefficient (Wildman–Crippen LogP) is 1.50. The standard InChI is InChI=1S/C11H17N3O/c12-10-3-4-11(14-7-10)13-5-6-15-8-9-1-2-9/h3-4,7,9H,1-2,5-6,8,12H2,(H,13,14). The summed E-state index contributed by atoms with van der Waals surface area (Å²) in [7, 11) is 0. The number of nitrogens with one attached hydrogen (secondary N) is 1. The summed E-state index contributed by atoms with van der Waals surface area (Å²) in [6, 6.07) is 3.70. The zero-order valence-corrected chi connectivity index (χ0v) is 8.78. The number of hydrogen-bond donors (Lipinski definition) is 2. The number of hydrogen-bond acceptors (Lipinski definition) is 4. The van der Waals surface area contributed by atoms with Crippen molar-refractivity contribution in [2.24, 2.45) is 5.92 Å². The molecule has 1 aromatic rings. The SMILES string of the molecule is Nc1ccc(NCCOCC2CC2)nc1. The van der Waals surface area contributed by atoms with E-state index in [1.165, 1.54) is 12.8 Å². The largest absolute Gasteiger partial charge is 0.397 e. The number of ether oxygens (including phenoxy) is 1. The van der Waals surface area contributed by atoms with E-state index in [1.54, 1.807) is 6.20 Å². The van der Waals surface area contributed by atoms with E-state index in [1.807, 2.05) is 12.1 Å². The van der Waals surface area contributed by atoms with Gasteiger partial charge in [-0.15, -0.1) is 0 Å². The Bertz CT molecular complexity index is 295. The Kier molecular flexibility index (Phi) is 3.40. The van der Waals surface area contributed by atoms with E-state index >= 15 is 0 Å². The summed E-state index contributed by atoms with van der Waals surface area (Å²) in [5.74, 6) is 1.68. The molecule has 1 aliphatic carbocycles. The van der Waals surface area contributed by atoms with Gasteiger partial charge in [-0.25, -0.2) is 4.98 Å². The Morgan fingerprint density at radius 2 is 2.33 bits per heavy atom. The molecule has 1 saturated carbocycles. The maximum Gasteiger partial charge on any atom is 0.126 e. The molecule has 0 aromatic carbocycles. The van der Waals surface area contributed by atoms with E-state index in [2.05, 4.69) is 10.3 Å². The highest BCUT2D eigenvalue weighted by Crippen LogP contribution is 2.28. The lowest BCUT2D eigenvalue weighted by Gasteiger charge is -2.06. The van der Waals surface area contributed by atoms with Crippen molar-refractivity contribution in [3.05, 3.63) is 18.3 Å². The summed E-state index contributed by atoms with van der Waals surface area (Å²) in [6.07, 6.45) is 4.33. The number of rotatable bonds is 6. The third-order valence-corrected chi connectivity index (χ3v) is 2.39.